The predicted molar refractivity (Wildman–Crippen MR) is 76.3 cm³/mol. The molecule has 98 valence electrons. The Morgan fingerprint density at radius 3 is 2.56 bits per heavy atom. The Kier molecular flexibility index (Phi) is 5.88. The molecule has 1 aromatic rings. The van der Waals surface area contributed by atoms with Crippen molar-refractivity contribution in [3.8, 4) is 6.07 Å². The smallest absolute Gasteiger partial charge is 0.0991 e. The summed E-state index contributed by atoms with van der Waals surface area (Å²) >= 11 is 0. The topological polar surface area (TPSA) is 27.0 Å². The molecule has 0 saturated carbocycles. The highest BCUT2D eigenvalue weighted by atomic mass is 15.1. The lowest BCUT2D eigenvalue weighted by atomic mass is 10.0. The molecule has 1 unspecified atom stereocenters. The van der Waals surface area contributed by atoms with Crippen LogP contribution in [0.3, 0.4) is 0 Å². The Morgan fingerprint density at radius 1 is 1.33 bits per heavy atom. The fraction of sp³-hybridized carbons (Fsp3) is 0.562. The first-order chi connectivity index (χ1) is 8.60. The van der Waals surface area contributed by atoms with Crippen LogP contribution in [0.2, 0.25) is 0 Å². The predicted octanol–water partition coefficient (Wildman–Crippen LogP) is 3.73. The maximum absolute atomic E-state index is 8.87. The van der Waals surface area contributed by atoms with E-state index in [-0.39, 0.29) is 0 Å². The Hall–Kier alpha value is -1.33. The second-order valence-corrected chi connectivity index (χ2v) is 5.09. The van der Waals surface area contributed by atoms with Gasteiger partial charge in [0.05, 0.1) is 11.6 Å². The first kappa shape index (κ1) is 14.7. The molecule has 0 aliphatic carbocycles. The van der Waals surface area contributed by atoms with Gasteiger partial charge in [-0.15, -0.1) is 0 Å². The molecule has 0 fully saturated rings. The summed E-state index contributed by atoms with van der Waals surface area (Å²) in [6.45, 7) is 12.0. The monoisotopic (exact) mass is 244 g/mol. The van der Waals surface area contributed by atoms with Gasteiger partial charge < -0.3 is 0 Å². The normalized spacial score (nSPS) is 12.4. The van der Waals surface area contributed by atoms with Crippen molar-refractivity contribution in [3.05, 3.63) is 34.9 Å². The van der Waals surface area contributed by atoms with E-state index in [1.54, 1.807) is 0 Å². The summed E-state index contributed by atoms with van der Waals surface area (Å²) < 4.78 is 0. The summed E-state index contributed by atoms with van der Waals surface area (Å²) in [5.41, 5.74) is 3.30. The number of nitrogens with zero attached hydrogens (tertiary/aromatic N) is 2. The van der Waals surface area contributed by atoms with Crippen molar-refractivity contribution in [2.75, 3.05) is 13.1 Å². The molecular formula is C16H24N2. The summed E-state index contributed by atoms with van der Waals surface area (Å²) in [6.07, 6.45) is 1.23. The summed E-state index contributed by atoms with van der Waals surface area (Å²) in [5.74, 6) is 0.739. The highest BCUT2D eigenvalue weighted by Crippen LogP contribution is 2.14. The van der Waals surface area contributed by atoms with Gasteiger partial charge in [-0.2, -0.15) is 5.26 Å². The van der Waals surface area contributed by atoms with E-state index < -0.39 is 0 Å². The van der Waals surface area contributed by atoms with Crippen LogP contribution in [0, 0.1) is 24.2 Å². The molecule has 0 amide bonds. The Bertz CT molecular complexity index is 418. The largest absolute Gasteiger partial charge is 0.299 e. The molecule has 1 rings (SSSR count). The average Bonchev–Trinajstić information content (AvgIpc) is 2.39. The zero-order valence-corrected chi connectivity index (χ0v) is 12.0. The van der Waals surface area contributed by atoms with Crippen molar-refractivity contribution in [3.63, 3.8) is 0 Å². The standard InChI is InChI=1S/C16H24N2/c1-5-13(3)11-18(6-2)12-16-8-7-15(10-17)9-14(16)4/h7-9,13H,5-6,11-12H2,1-4H3. The lowest BCUT2D eigenvalue weighted by Gasteiger charge is -2.24. The summed E-state index contributed by atoms with van der Waals surface area (Å²) in [7, 11) is 0. The lowest BCUT2D eigenvalue weighted by Crippen LogP contribution is -2.28. The van der Waals surface area contributed by atoms with Crippen LogP contribution in [0.25, 0.3) is 0 Å². The number of rotatable bonds is 6. The minimum atomic E-state index is 0.739. The molecule has 0 spiro atoms. The molecule has 0 radical (unpaired) electrons. The number of hydrogen-bond acceptors (Lipinski definition) is 2. The van der Waals surface area contributed by atoms with E-state index in [4.69, 9.17) is 5.26 Å². The number of hydrogen-bond donors (Lipinski definition) is 0. The molecule has 0 bridgehead atoms. The van der Waals surface area contributed by atoms with E-state index in [1.165, 1.54) is 17.5 Å². The molecule has 18 heavy (non-hydrogen) atoms. The van der Waals surface area contributed by atoms with E-state index >= 15 is 0 Å². The summed E-state index contributed by atoms with van der Waals surface area (Å²) in [6, 6.07) is 8.18. The van der Waals surface area contributed by atoms with Crippen LogP contribution < -0.4 is 0 Å². The van der Waals surface area contributed by atoms with Crippen LogP contribution in [-0.2, 0) is 6.54 Å². The molecule has 2 nitrogen and oxygen atoms in total. The average molecular weight is 244 g/mol. The number of aryl methyl sites for hydroxylation is 1. The molecule has 1 atom stereocenters. The molecule has 2 heteroatoms. The van der Waals surface area contributed by atoms with E-state index in [0.29, 0.717) is 0 Å². The Labute approximate surface area is 111 Å². The molecule has 0 aromatic heterocycles. The summed E-state index contributed by atoms with van der Waals surface area (Å²) in [4.78, 5) is 2.47. The zero-order chi connectivity index (χ0) is 13.5. The third-order valence-corrected chi connectivity index (χ3v) is 3.58. The van der Waals surface area contributed by atoms with Crippen molar-refractivity contribution in [2.45, 2.75) is 40.7 Å². The molecule has 0 aliphatic heterocycles. The van der Waals surface area contributed by atoms with Gasteiger partial charge in [-0.05, 0) is 42.6 Å². The van der Waals surface area contributed by atoms with Gasteiger partial charge in [-0.1, -0.05) is 33.3 Å². The van der Waals surface area contributed by atoms with Crippen LogP contribution in [0.5, 0.6) is 0 Å². The minimum Gasteiger partial charge on any atom is -0.299 e. The third-order valence-electron chi connectivity index (χ3n) is 3.58. The highest BCUT2D eigenvalue weighted by Gasteiger charge is 2.09. The van der Waals surface area contributed by atoms with Gasteiger partial charge in [0.15, 0.2) is 0 Å². The number of benzene rings is 1. The van der Waals surface area contributed by atoms with Gasteiger partial charge in [0.1, 0.15) is 0 Å². The quantitative estimate of drug-likeness (QED) is 0.762. The van der Waals surface area contributed by atoms with E-state index in [1.807, 2.05) is 12.1 Å². The molecular weight excluding hydrogens is 220 g/mol. The van der Waals surface area contributed by atoms with Gasteiger partial charge in [0, 0.05) is 13.1 Å². The second kappa shape index (κ2) is 7.18. The van der Waals surface area contributed by atoms with E-state index in [2.05, 4.69) is 44.7 Å². The van der Waals surface area contributed by atoms with Crippen LogP contribution in [0.15, 0.2) is 18.2 Å². The first-order valence-corrected chi connectivity index (χ1v) is 6.82. The van der Waals surface area contributed by atoms with Crippen molar-refractivity contribution in [1.29, 1.82) is 5.26 Å². The summed E-state index contributed by atoms with van der Waals surface area (Å²) in [5, 5.41) is 8.87. The first-order valence-electron chi connectivity index (χ1n) is 6.82. The SMILES string of the molecule is CCC(C)CN(CC)Cc1ccc(C#N)cc1C. The zero-order valence-electron chi connectivity index (χ0n) is 12.0. The van der Waals surface area contributed by atoms with Crippen LogP contribution in [-0.4, -0.2) is 18.0 Å². The molecule has 0 heterocycles. The Balaban J connectivity index is 2.73. The molecule has 0 saturated heterocycles. The van der Waals surface area contributed by atoms with Gasteiger partial charge in [0.25, 0.3) is 0 Å². The van der Waals surface area contributed by atoms with Gasteiger partial charge in [0.2, 0.25) is 0 Å². The number of nitriles is 1. The fourth-order valence-corrected chi connectivity index (χ4v) is 2.06. The van der Waals surface area contributed by atoms with Crippen LogP contribution in [0.1, 0.15) is 43.9 Å². The maximum Gasteiger partial charge on any atom is 0.0991 e. The maximum atomic E-state index is 8.87. The van der Waals surface area contributed by atoms with Crippen molar-refractivity contribution < 1.29 is 0 Å². The molecule has 0 N–H and O–H groups in total. The van der Waals surface area contributed by atoms with Gasteiger partial charge in [-0.25, -0.2) is 0 Å². The third kappa shape index (κ3) is 4.16. The van der Waals surface area contributed by atoms with Gasteiger partial charge >= 0.3 is 0 Å². The highest BCUT2D eigenvalue weighted by molar-refractivity contribution is 5.37. The van der Waals surface area contributed by atoms with Crippen molar-refractivity contribution in [2.24, 2.45) is 5.92 Å². The minimum absolute atomic E-state index is 0.739. The van der Waals surface area contributed by atoms with Gasteiger partial charge in [-0.3, -0.25) is 4.90 Å². The second-order valence-electron chi connectivity index (χ2n) is 5.09. The Morgan fingerprint density at radius 2 is 2.06 bits per heavy atom. The van der Waals surface area contributed by atoms with E-state index in [0.717, 1.165) is 31.1 Å². The van der Waals surface area contributed by atoms with Crippen LogP contribution in [0.4, 0.5) is 0 Å². The molecule has 1 aromatic carbocycles. The van der Waals surface area contributed by atoms with Crippen LogP contribution >= 0.6 is 0 Å². The fourth-order valence-electron chi connectivity index (χ4n) is 2.06. The van der Waals surface area contributed by atoms with Crippen molar-refractivity contribution >= 4 is 0 Å². The lowest BCUT2D eigenvalue weighted by molar-refractivity contribution is 0.237. The molecule has 0 aliphatic rings. The van der Waals surface area contributed by atoms with E-state index in [9.17, 15) is 0 Å². The van der Waals surface area contributed by atoms with Crippen molar-refractivity contribution in [1.82, 2.24) is 4.90 Å².